The van der Waals surface area contributed by atoms with Crippen LogP contribution in [-0.2, 0) is 6.42 Å². The second-order valence-electron chi connectivity index (χ2n) is 3.42. The van der Waals surface area contributed by atoms with E-state index in [-0.39, 0.29) is 6.61 Å². The molecule has 0 heterocycles. The molecule has 0 amide bonds. The van der Waals surface area contributed by atoms with Crippen molar-refractivity contribution < 1.29 is 14.6 Å². The Bertz CT molecular complexity index is 339. The fourth-order valence-electron chi connectivity index (χ4n) is 1.39. The molecule has 0 spiro atoms. The van der Waals surface area contributed by atoms with E-state index in [4.69, 9.17) is 14.6 Å². The summed E-state index contributed by atoms with van der Waals surface area (Å²) in [4.78, 5) is 0. The Labute approximate surface area is 105 Å². The van der Waals surface area contributed by atoms with Crippen molar-refractivity contribution in [2.24, 2.45) is 0 Å². The van der Waals surface area contributed by atoms with Gasteiger partial charge in [-0.2, -0.15) is 0 Å². The van der Waals surface area contributed by atoms with Gasteiger partial charge in [0.25, 0.3) is 0 Å². The van der Waals surface area contributed by atoms with Crippen molar-refractivity contribution in [3.8, 4) is 11.5 Å². The Morgan fingerprint density at radius 1 is 1.31 bits per heavy atom. The molecule has 0 saturated carbocycles. The molecule has 0 aliphatic rings. The summed E-state index contributed by atoms with van der Waals surface area (Å²) in [6.45, 7) is 2.84. The third-order valence-electron chi connectivity index (χ3n) is 2.18. The summed E-state index contributed by atoms with van der Waals surface area (Å²) < 4.78 is 11.7. The number of rotatable bonds is 6. The zero-order chi connectivity index (χ0) is 12.0. The topological polar surface area (TPSA) is 38.7 Å². The lowest BCUT2D eigenvalue weighted by molar-refractivity contribution is 0.287. The number of methoxy groups -OCH3 is 1. The van der Waals surface area contributed by atoms with Gasteiger partial charge in [-0.15, -0.1) is 0 Å². The predicted octanol–water partition coefficient (Wildman–Crippen LogP) is 2.78. The van der Waals surface area contributed by atoms with E-state index in [1.807, 2.05) is 12.1 Å². The lowest BCUT2D eigenvalue weighted by atomic mass is 10.1. The first-order valence-corrected chi connectivity index (χ1v) is 6.12. The third kappa shape index (κ3) is 3.39. The molecular weight excluding hydrogens is 272 g/mol. The van der Waals surface area contributed by atoms with Crippen molar-refractivity contribution in [3.63, 3.8) is 0 Å². The minimum Gasteiger partial charge on any atom is -0.495 e. The van der Waals surface area contributed by atoms with Gasteiger partial charge in [-0.3, -0.25) is 0 Å². The summed E-state index contributed by atoms with van der Waals surface area (Å²) in [6, 6.07) is 3.78. The minimum atomic E-state index is 0.112. The van der Waals surface area contributed by atoms with Gasteiger partial charge in [-0.05, 0) is 40.4 Å². The molecule has 0 aliphatic carbocycles. The fraction of sp³-hybridized carbons (Fsp3) is 0.500. The van der Waals surface area contributed by atoms with Gasteiger partial charge in [0.2, 0.25) is 0 Å². The highest BCUT2D eigenvalue weighted by Gasteiger charge is 2.09. The number of halogens is 1. The van der Waals surface area contributed by atoms with Crippen LogP contribution in [0.1, 0.15) is 18.9 Å². The van der Waals surface area contributed by atoms with E-state index in [9.17, 15) is 0 Å². The van der Waals surface area contributed by atoms with Crippen LogP contribution in [0.3, 0.4) is 0 Å². The third-order valence-corrected chi connectivity index (χ3v) is 2.80. The number of aliphatic hydroxyl groups is 1. The van der Waals surface area contributed by atoms with E-state index < -0.39 is 0 Å². The van der Waals surface area contributed by atoms with Crippen molar-refractivity contribution in [2.75, 3.05) is 20.3 Å². The van der Waals surface area contributed by atoms with Crippen LogP contribution < -0.4 is 9.47 Å². The summed E-state index contributed by atoms with van der Waals surface area (Å²) >= 11 is 3.42. The Morgan fingerprint density at radius 2 is 2.06 bits per heavy atom. The van der Waals surface area contributed by atoms with Gasteiger partial charge in [0.05, 0.1) is 18.2 Å². The van der Waals surface area contributed by atoms with E-state index in [1.54, 1.807) is 7.11 Å². The molecule has 0 aromatic heterocycles. The van der Waals surface area contributed by atoms with Crippen LogP contribution in [0.5, 0.6) is 11.5 Å². The van der Waals surface area contributed by atoms with Gasteiger partial charge in [-0.1, -0.05) is 6.92 Å². The smallest absolute Gasteiger partial charge is 0.136 e. The monoisotopic (exact) mass is 288 g/mol. The molecule has 0 unspecified atom stereocenters. The summed E-state index contributed by atoms with van der Waals surface area (Å²) in [5, 5.41) is 8.98. The van der Waals surface area contributed by atoms with Gasteiger partial charge < -0.3 is 14.6 Å². The second-order valence-corrected chi connectivity index (χ2v) is 4.27. The average molecular weight is 289 g/mol. The molecule has 1 aromatic rings. The van der Waals surface area contributed by atoms with Crippen LogP contribution >= 0.6 is 15.9 Å². The summed E-state index contributed by atoms with van der Waals surface area (Å²) in [7, 11) is 1.62. The van der Waals surface area contributed by atoms with Crippen LogP contribution in [0.2, 0.25) is 0 Å². The number of ether oxygens (including phenoxy) is 2. The van der Waals surface area contributed by atoms with Crippen molar-refractivity contribution in [1.29, 1.82) is 0 Å². The highest BCUT2D eigenvalue weighted by atomic mass is 79.9. The Balaban J connectivity index is 2.99. The van der Waals surface area contributed by atoms with Crippen LogP contribution in [-0.4, -0.2) is 25.4 Å². The van der Waals surface area contributed by atoms with E-state index in [0.29, 0.717) is 13.0 Å². The maximum Gasteiger partial charge on any atom is 0.136 e. The summed E-state index contributed by atoms with van der Waals surface area (Å²) in [6.07, 6.45) is 1.54. The van der Waals surface area contributed by atoms with E-state index in [2.05, 4.69) is 22.9 Å². The normalized spacial score (nSPS) is 10.2. The Kier molecular flexibility index (Phi) is 5.63. The van der Waals surface area contributed by atoms with E-state index in [0.717, 1.165) is 28.0 Å². The zero-order valence-corrected chi connectivity index (χ0v) is 11.2. The average Bonchev–Trinajstić information content (AvgIpc) is 2.28. The van der Waals surface area contributed by atoms with Gasteiger partial charge in [0, 0.05) is 12.7 Å². The predicted molar refractivity (Wildman–Crippen MR) is 67.3 cm³/mol. The van der Waals surface area contributed by atoms with E-state index >= 15 is 0 Å². The van der Waals surface area contributed by atoms with Crippen molar-refractivity contribution in [1.82, 2.24) is 0 Å². The van der Waals surface area contributed by atoms with Crippen LogP contribution in [0.15, 0.2) is 16.6 Å². The lowest BCUT2D eigenvalue weighted by Crippen LogP contribution is -2.01. The molecule has 16 heavy (non-hydrogen) atoms. The first-order valence-electron chi connectivity index (χ1n) is 5.33. The van der Waals surface area contributed by atoms with E-state index in [1.165, 1.54) is 0 Å². The molecule has 0 aliphatic heterocycles. The molecule has 90 valence electrons. The lowest BCUT2D eigenvalue weighted by Gasteiger charge is -2.13. The Morgan fingerprint density at radius 3 is 2.62 bits per heavy atom. The molecule has 0 saturated heterocycles. The highest BCUT2D eigenvalue weighted by Crippen LogP contribution is 2.33. The fourth-order valence-corrected chi connectivity index (χ4v) is 1.95. The first-order chi connectivity index (χ1) is 7.72. The quantitative estimate of drug-likeness (QED) is 0.875. The SMILES string of the molecule is CCCOc1cc(OC)c(Br)cc1CCO. The van der Waals surface area contributed by atoms with Gasteiger partial charge >= 0.3 is 0 Å². The standard InChI is InChI=1S/C12H17BrO3/c1-3-6-16-11-8-12(15-2)10(13)7-9(11)4-5-14/h7-8,14H,3-6H2,1-2H3. The maximum absolute atomic E-state index is 8.98. The molecule has 0 fully saturated rings. The van der Waals surface area contributed by atoms with Crippen LogP contribution in [0.25, 0.3) is 0 Å². The van der Waals surface area contributed by atoms with Crippen LogP contribution in [0.4, 0.5) is 0 Å². The van der Waals surface area contributed by atoms with Crippen molar-refractivity contribution in [3.05, 3.63) is 22.2 Å². The number of hydrogen-bond acceptors (Lipinski definition) is 3. The van der Waals surface area contributed by atoms with Crippen molar-refractivity contribution >= 4 is 15.9 Å². The molecule has 4 heteroatoms. The van der Waals surface area contributed by atoms with Crippen molar-refractivity contribution in [2.45, 2.75) is 19.8 Å². The largest absolute Gasteiger partial charge is 0.495 e. The number of benzene rings is 1. The summed E-state index contributed by atoms with van der Waals surface area (Å²) in [5.41, 5.74) is 0.989. The molecule has 1 rings (SSSR count). The molecule has 1 N–H and O–H groups in total. The zero-order valence-electron chi connectivity index (χ0n) is 9.62. The maximum atomic E-state index is 8.98. The molecule has 0 radical (unpaired) electrons. The first kappa shape index (κ1) is 13.3. The molecule has 3 nitrogen and oxygen atoms in total. The Hall–Kier alpha value is -0.740. The minimum absolute atomic E-state index is 0.112. The highest BCUT2D eigenvalue weighted by molar-refractivity contribution is 9.10. The van der Waals surface area contributed by atoms with Crippen LogP contribution in [0, 0.1) is 0 Å². The van der Waals surface area contributed by atoms with Gasteiger partial charge in [0.1, 0.15) is 11.5 Å². The molecular formula is C12H17BrO3. The number of aliphatic hydroxyl groups excluding tert-OH is 1. The molecule has 0 atom stereocenters. The summed E-state index contributed by atoms with van der Waals surface area (Å²) in [5.74, 6) is 1.53. The number of hydrogen-bond donors (Lipinski definition) is 1. The second kappa shape index (κ2) is 6.76. The van der Waals surface area contributed by atoms with Gasteiger partial charge in [-0.25, -0.2) is 0 Å². The van der Waals surface area contributed by atoms with Gasteiger partial charge in [0.15, 0.2) is 0 Å². The molecule has 1 aromatic carbocycles. The molecule has 0 bridgehead atoms.